The maximum absolute atomic E-state index is 6.20. The number of nitrogens with zero attached hydrogens (tertiary/aromatic N) is 2. The molecule has 2 nitrogen and oxygen atoms in total. The van der Waals surface area contributed by atoms with Crippen LogP contribution in [0, 0.1) is 6.92 Å². The van der Waals surface area contributed by atoms with E-state index in [9.17, 15) is 0 Å². The second-order valence-corrected chi connectivity index (χ2v) is 4.99. The molecule has 0 aliphatic rings. The topological polar surface area (TPSA) is 17.3 Å². The van der Waals surface area contributed by atoms with Gasteiger partial charge in [-0.05, 0) is 37.3 Å². The molecular weight excluding hydrogens is 347 g/mol. The van der Waals surface area contributed by atoms with E-state index in [4.69, 9.17) is 23.2 Å². The van der Waals surface area contributed by atoms with Gasteiger partial charge in [0.2, 0.25) is 0 Å². The molecule has 5 heteroatoms. The van der Waals surface area contributed by atoms with Crippen LogP contribution < -0.4 is 0 Å². The highest BCUT2D eigenvalue weighted by Crippen LogP contribution is 2.30. The van der Waals surface area contributed by atoms with Crippen LogP contribution in [-0.4, -0.2) is 9.38 Å². The minimum atomic E-state index is 0. The Morgan fingerprint density at radius 2 is 1.89 bits per heavy atom. The summed E-state index contributed by atoms with van der Waals surface area (Å²) in [5.41, 5.74) is 3.79. The summed E-state index contributed by atoms with van der Waals surface area (Å²) < 4.78 is 2.04. The van der Waals surface area contributed by atoms with Gasteiger partial charge in [-0.25, -0.2) is 4.98 Å². The second-order valence-electron chi connectivity index (χ2n) is 4.15. The summed E-state index contributed by atoms with van der Waals surface area (Å²) in [6, 6.07) is 11.4. The molecule has 0 N–H and O–H groups in total. The molecule has 19 heavy (non-hydrogen) atoms. The van der Waals surface area contributed by atoms with Crippen LogP contribution >= 0.6 is 40.2 Å². The Bertz CT molecular complexity index is 737. The Kier molecular flexibility index (Phi) is 4.19. The summed E-state index contributed by atoms with van der Waals surface area (Å²) in [6.07, 6.45) is 1.99. The molecule has 0 amide bonds. The highest BCUT2D eigenvalue weighted by Gasteiger charge is 2.09. The quantitative estimate of drug-likeness (QED) is 0.585. The van der Waals surface area contributed by atoms with Crippen LogP contribution in [0.25, 0.3) is 16.9 Å². The summed E-state index contributed by atoms with van der Waals surface area (Å²) in [5, 5.41) is 1.24. The maximum atomic E-state index is 6.20. The van der Waals surface area contributed by atoms with Crippen molar-refractivity contribution in [1.82, 2.24) is 9.38 Å². The summed E-state index contributed by atoms with van der Waals surface area (Å²) in [5.74, 6) is 0. The third kappa shape index (κ3) is 2.64. The molecule has 0 saturated heterocycles. The smallest absolute Gasteiger partial charge is 0.137 e. The van der Waals surface area contributed by atoms with Crippen LogP contribution in [0.4, 0.5) is 0 Å². The van der Waals surface area contributed by atoms with E-state index in [0.29, 0.717) is 10.0 Å². The van der Waals surface area contributed by atoms with E-state index in [0.717, 1.165) is 22.6 Å². The van der Waals surface area contributed by atoms with Gasteiger partial charge in [0.15, 0.2) is 0 Å². The predicted octanol–water partition coefficient (Wildman–Crippen LogP) is 5.19. The Morgan fingerprint density at radius 1 is 1.11 bits per heavy atom. The van der Waals surface area contributed by atoms with E-state index in [-0.39, 0.29) is 17.0 Å². The first kappa shape index (κ1) is 14.4. The maximum Gasteiger partial charge on any atom is 0.137 e. The van der Waals surface area contributed by atoms with Gasteiger partial charge in [0.25, 0.3) is 0 Å². The van der Waals surface area contributed by atoms with Crippen LogP contribution in [0.15, 0.2) is 42.6 Å². The highest BCUT2D eigenvalue weighted by molar-refractivity contribution is 8.93. The third-order valence-corrected chi connectivity index (χ3v) is 3.45. The van der Waals surface area contributed by atoms with Crippen LogP contribution in [-0.2, 0) is 0 Å². The zero-order valence-corrected chi connectivity index (χ0v) is 13.3. The number of fused-ring (bicyclic) bond motifs is 1. The van der Waals surface area contributed by atoms with Crippen molar-refractivity contribution in [2.45, 2.75) is 6.92 Å². The molecule has 0 fully saturated rings. The molecule has 2 heterocycles. The van der Waals surface area contributed by atoms with Gasteiger partial charge < -0.3 is 4.40 Å². The lowest BCUT2D eigenvalue weighted by atomic mass is 10.2. The van der Waals surface area contributed by atoms with E-state index in [1.807, 2.05) is 47.9 Å². The number of hydrogen-bond donors (Lipinski definition) is 0. The lowest BCUT2D eigenvalue weighted by Crippen LogP contribution is -1.86. The van der Waals surface area contributed by atoms with E-state index < -0.39 is 0 Å². The molecule has 0 unspecified atom stereocenters. The van der Waals surface area contributed by atoms with Crippen molar-refractivity contribution in [2.24, 2.45) is 0 Å². The predicted molar refractivity (Wildman–Crippen MR) is 85.7 cm³/mol. The number of pyridine rings is 1. The van der Waals surface area contributed by atoms with Gasteiger partial charge in [-0.15, -0.1) is 17.0 Å². The zero-order chi connectivity index (χ0) is 12.7. The summed E-state index contributed by atoms with van der Waals surface area (Å²) in [4.78, 5) is 4.57. The van der Waals surface area contributed by atoms with Crippen LogP contribution in [0.3, 0.4) is 0 Å². The Labute approximate surface area is 131 Å². The number of rotatable bonds is 1. The Hall–Kier alpha value is -1.03. The van der Waals surface area contributed by atoms with E-state index in [1.165, 1.54) is 0 Å². The molecular formula is C14H11BrCl2N2. The van der Waals surface area contributed by atoms with Crippen molar-refractivity contribution >= 4 is 45.8 Å². The summed E-state index contributed by atoms with van der Waals surface area (Å²) in [6.45, 7) is 2.04. The highest BCUT2D eigenvalue weighted by atomic mass is 79.9. The number of benzene rings is 1. The lowest BCUT2D eigenvalue weighted by Gasteiger charge is -2.00. The minimum absolute atomic E-state index is 0. The zero-order valence-electron chi connectivity index (χ0n) is 10.1. The first-order valence-electron chi connectivity index (χ1n) is 5.55. The summed E-state index contributed by atoms with van der Waals surface area (Å²) in [7, 11) is 0. The Balaban J connectivity index is 0.00000133. The largest absolute Gasteiger partial charge is 0.304 e. The fourth-order valence-electron chi connectivity index (χ4n) is 1.98. The van der Waals surface area contributed by atoms with Gasteiger partial charge in [0.05, 0.1) is 10.7 Å². The molecule has 0 aliphatic carbocycles. The SMILES string of the molecule is Br.Cc1cccc2nc(-c3ccc(Cl)cc3Cl)cn12. The number of aryl methyl sites for hydroxylation is 1. The Morgan fingerprint density at radius 3 is 2.58 bits per heavy atom. The third-order valence-electron chi connectivity index (χ3n) is 2.90. The van der Waals surface area contributed by atoms with Crippen molar-refractivity contribution in [3.63, 3.8) is 0 Å². The van der Waals surface area contributed by atoms with Crippen molar-refractivity contribution in [3.8, 4) is 11.3 Å². The second kappa shape index (κ2) is 5.53. The molecule has 0 spiro atoms. The molecule has 0 atom stereocenters. The van der Waals surface area contributed by atoms with Crippen LogP contribution in [0.5, 0.6) is 0 Å². The lowest BCUT2D eigenvalue weighted by molar-refractivity contribution is 1.09. The number of imidazole rings is 1. The van der Waals surface area contributed by atoms with Crippen molar-refractivity contribution < 1.29 is 0 Å². The normalized spacial score (nSPS) is 10.5. The van der Waals surface area contributed by atoms with E-state index in [2.05, 4.69) is 4.98 Å². The average molecular weight is 358 g/mol. The van der Waals surface area contributed by atoms with Crippen molar-refractivity contribution in [1.29, 1.82) is 0 Å². The van der Waals surface area contributed by atoms with E-state index in [1.54, 1.807) is 6.07 Å². The minimum Gasteiger partial charge on any atom is -0.304 e. The molecule has 98 valence electrons. The van der Waals surface area contributed by atoms with Crippen LogP contribution in [0.1, 0.15) is 5.69 Å². The average Bonchev–Trinajstić information content (AvgIpc) is 2.74. The van der Waals surface area contributed by atoms with Crippen LogP contribution in [0.2, 0.25) is 10.0 Å². The van der Waals surface area contributed by atoms with Gasteiger partial charge in [-0.1, -0.05) is 29.3 Å². The number of aromatic nitrogens is 2. The molecule has 0 saturated carbocycles. The summed E-state index contributed by atoms with van der Waals surface area (Å²) >= 11 is 12.1. The van der Waals surface area contributed by atoms with Gasteiger partial charge in [0, 0.05) is 22.5 Å². The first-order valence-corrected chi connectivity index (χ1v) is 6.31. The van der Waals surface area contributed by atoms with Gasteiger partial charge in [-0.2, -0.15) is 0 Å². The molecule has 0 bridgehead atoms. The van der Waals surface area contributed by atoms with Crippen molar-refractivity contribution in [2.75, 3.05) is 0 Å². The number of hydrogen-bond acceptors (Lipinski definition) is 1. The molecule has 1 aromatic carbocycles. The molecule has 3 aromatic rings. The first-order chi connectivity index (χ1) is 8.65. The van der Waals surface area contributed by atoms with Gasteiger partial charge >= 0.3 is 0 Å². The molecule has 3 rings (SSSR count). The van der Waals surface area contributed by atoms with Gasteiger partial charge in [0.1, 0.15) is 5.65 Å². The van der Waals surface area contributed by atoms with E-state index >= 15 is 0 Å². The molecule has 0 aliphatic heterocycles. The number of halogens is 3. The standard InChI is InChI=1S/C14H10Cl2N2.BrH/c1-9-3-2-4-14-17-13(8-18(9)14)11-6-5-10(15)7-12(11)16;/h2-8H,1H3;1H. The monoisotopic (exact) mass is 356 g/mol. The fraction of sp³-hybridized carbons (Fsp3) is 0.0714. The molecule has 0 radical (unpaired) electrons. The van der Waals surface area contributed by atoms with Gasteiger partial charge in [-0.3, -0.25) is 0 Å². The molecule has 2 aromatic heterocycles. The van der Waals surface area contributed by atoms with Crippen molar-refractivity contribution in [3.05, 3.63) is 58.3 Å². The fourth-order valence-corrected chi connectivity index (χ4v) is 2.48.